The Kier molecular flexibility index (Phi) is 5.14. The van der Waals surface area contributed by atoms with Crippen LogP contribution in [0.1, 0.15) is 12.8 Å². The van der Waals surface area contributed by atoms with Gasteiger partial charge in [-0.1, -0.05) is 0 Å². The van der Waals surface area contributed by atoms with Crippen molar-refractivity contribution < 1.29 is 23.8 Å². The van der Waals surface area contributed by atoms with Gasteiger partial charge in [0.25, 0.3) is 0 Å². The van der Waals surface area contributed by atoms with Crippen LogP contribution >= 0.6 is 0 Å². The van der Waals surface area contributed by atoms with E-state index in [1.165, 1.54) is 11.2 Å². The Balaban J connectivity index is 1.32. The largest absolute Gasteiger partial charge is 0.491 e. The molecule has 0 bridgehead atoms. The Morgan fingerprint density at radius 1 is 1.11 bits per heavy atom. The smallest absolute Gasteiger partial charge is 0.407 e. The molecule has 2 aromatic carbocycles. The number of benzene rings is 2. The maximum absolute atomic E-state index is 11.2. The van der Waals surface area contributed by atoms with Gasteiger partial charge in [0, 0.05) is 12.1 Å². The van der Waals surface area contributed by atoms with Crippen molar-refractivity contribution in [2.75, 3.05) is 13.2 Å². The predicted molar refractivity (Wildman–Crippen MR) is 102 cm³/mol. The molecular weight excluding hydrogens is 360 g/mol. The Morgan fingerprint density at radius 3 is 2.43 bits per heavy atom. The number of likely N-dealkylation sites (tertiary alicyclic amines) is 1. The Bertz CT molecular complexity index is 907. The van der Waals surface area contributed by atoms with E-state index in [0.717, 1.165) is 18.4 Å². The molecule has 1 N–H and O–H groups in total. The highest BCUT2D eigenvalue weighted by atomic mass is 16.5. The maximum Gasteiger partial charge on any atom is 0.407 e. The van der Waals surface area contributed by atoms with Gasteiger partial charge in [-0.15, -0.1) is 0 Å². The number of hydrogen-bond acceptors (Lipinski definition) is 5. The first-order chi connectivity index (χ1) is 13.7. The van der Waals surface area contributed by atoms with Crippen LogP contribution in [-0.2, 0) is 0 Å². The van der Waals surface area contributed by atoms with Crippen LogP contribution in [0.4, 0.5) is 4.79 Å². The molecule has 1 aliphatic rings. The van der Waals surface area contributed by atoms with E-state index in [-0.39, 0.29) is 6.04 Å². The molecule has 0 unspecified atom stereocenters. The average molecular weight is 380 g/mol. The summed E-state index contributed by atoms with van der Waals surface area (Å²) in [5, 5.41) is 9.17. The zero-order valence-corrected chi connectivity index (χ0v) is 15.2. The molecule has 144 valence electrons. The van der Waals surface area contributed by atoms with E-state index in [2.05, 4.69) is 4.98 Å². The molecular formula is C21H20N2O5. The van der Waals surface area contributed by atoms with Crippen LogP contribution in [0.25, 0.3) is 11.5 Å². The van der Waals surface area contributed by atoms with Crippen molar-refractivity contribution in [3.05, 3.63) is 61.0 Å². The van der Waals surface area contributed by atoms with Crippen molar-refractivity contribution in [3.8, 4) is 28.7 Å². The van der Waals surface area contributed by atoms with Gasteiger partial charge in [-0.2, -0.15) is 0 Å². The molecule has 7 heteroatoms. The van der Waals surface area contributed by atoms with E-state index in [0.29, 0.717) is 36.3 Å². The first-order valence-electron chi connectivity index (χ1n) is 9.09. The number of aromatic nitrogens is 1. The lowest BCUT2D eigenvalue weighted by Crippen LogP contribution is -2.37. The highest BCUT2D eigenvalue weighted by molar-refractivity contribution is 5.65. The highest BCUT2D eigenvalue weighted by Crippen LogP contribution is 2.27. The molecule has 1 aliphatic heterocycles. The molecule has 0 radical (unpaired) electrons. The molecule has 1 aromatic heterocycles. The van der Waals surface area contributed by atoms with Crippen LogP contribution in [0.15, 0.2) is 65.4 Å². The summed E-state index contributed by atoms with van der Waals surface area (Å²) in [5.41, 5.74) is 0.878. The summed E-state index contributed by atoms with van der Waals surface area (Å²) in [6, 6.07) is 14.7. The van der Waals surface area contributed by atoms with E-state index >= 15 is 0 Å². The minimum Gasteiger partial charge on any atom is -0.491 e. The molecule has 7 nitrogen and oxygen atoms in total. The van der Waals surface area contributed by atoms with Gasteiger partial charge in [-0.3, -0.25) is 0 Å². The van der Waals surface area contributed by atoms with Crippen LogP contribution in [0, 0.1) is 0 Å². The fourth-order valence-electron chi connectivity index (χ4n) is 3.22. The summed E-state index contributed by atoms with van der Waals surface area (Å²) in [5.74, 6) is 2.64. The molecule has 4 rings (SSSR count). The van der Waals surface area contributed by atoms with Gasteiger partial charge < -0.3 is 23.9 Å². The fourth-order valence-corrected chi connectivity index (χ4v) is 3.22. The molecule has 1 atom stereocenters. The summed E-state index contributed by atoms with van der Waals surface area (Å²) in [6.07, 6.45) is 3.97. The quantitative estimate of drug-likeness (QED) is 0.670. The second-order valence-corrected chi connectivity index (χ2v) is 6.52. The lowest BCUT2D eigenvalue weighted by Gasteiger charge is -2.21. The Labute approximate surface area is 162 Å². The summed E-state index contributed by atoms with van der Waals surface area (Å²) < 4.78 is 16.9. The number of hydrogen-bond donors (Lipinski definition) is 1. The summed E-state index contributed by atoms with van der Waals surface area (Å²) in [7, 11) is 0. The summed E-state index contributed by atoms with van der Waals surface area (Å²) in [6.45, 7) is 0.930. The summed E-state index contributed by atoms with van der Waals surface area (Å²) in [4.78, 5) is 16.7. The number of carbonyl (C=O) groups is 1. The van der Waals surface area contributed by atoms with E-state index in [1.54, 1.807) is 6.20 Å². The van der Waals surface area contributed by atoms with E-state index in [9.17, 15) is 9.90 Å². The molecule has 0 saturated carbocycles. The molecule has 28 heavy (non-hydrogen) atoms. The van der Waals surface area contributed by atoms with Crippen LogP contribution in [0.5, 0.6) is 17.2 Å². The monoisotopic (exact) mass is 380 g/mol. The molecule has 1 saturated heterocycles. The van der Waals surface area contributed by atoms with Gasteiger partial charge in [-0.05, 0) is 61.4 Å². The van der Waals surface area contributed by atoms with E-state index < -0.39 is 6.09 Å². The molecule has 1 amide bonds. The normalized spacial score (nSPS) is 16.1. The molecule has 2 heterocycles. The lowest BCUT2D eigenvalue weighted by atomic mass is 10.2. The third kappa shape index (κ3) is 4.09. The van der Waals surface area contributed by atoms with Gasteiger partial charge in [0.05, 0.1) is 12.2 Å². The van der Waals surface area contributed by atoms with Crippen LogP contribution in [0.2, 0.25) is 0 Å². The second kappa shape index (κ2) is 8.04. The highest BCUT2D eigenvalue weighted by Gasteiger charge is 2.28. The van der Waals surface area contributed by atoms with Crippen molar-refractivity contribution in [1.29, 1.82) is 0 Å². The topological polar surface area (TPSA) is 85.0 Å². The van der Waals surface area contributed by atoms with Crippen molar-refractivity contribution in [1.82, 2.24) is 9.88 Å². The van der Waals surface area contributed by atoms with Crippen LogP contribution in [0.3, 0.4) is 0 Å². The SMILES string of the molecule is O=C(O)N1CCC[C@@H]1COc1ccc(Oc2ccc(-c3ncco3)cc2)cc1. The minimum absolute atomic E-state index is 0.0874. The van der Waals surface area contributed by atoms with Crippen molar-refractivity contribution in [2.45, 2.75) is 18.9 Å². The molecule has 0 aliphatic carbocycles. The zero-order valence-electron chi connectivity index (χ0n) is 15.2. The standard InChI is InChI=1S/C21H20N2O5/c24-21(25)23-12-1-2-16(23)14-27-17-7-9-19(10-8-17)28-18-5-3-15(4-6-18)20-22-11-13-26-20/h3-11,13,16H,1-2,12,14H2,(H,24,25)/t16-/m1/s1. The van der Waals surface area contributed by atoms with Gasteiger partial charge in [0.1, 0.15) is 30.1 Å². The predicted octanol–water partition coefficient (Wildman–Crippen LogP) is 4.66. The van der Waals surface area contributed by atoms with E-state index in [1.807, 2.05) is 48.5 Å². The van der Waals surface area contributed by atoms with Gasteiger partial charge >= 0.3 is 6.09 Å². The first-order valence-corrected chi connectivity index (χ1v) is 9.09. The van der Waals surface area contributed by atoms with Crippen molar-refractivity contribution in [2.24, 2.45) is 0 Å². The van der Waals surface area contributed by atoms with Gasteiger partial charge in [0.15, 0.2) is 0 Å². The number of ether oxygens (including phenoxy) is 2. The van der Waals surface area contributed by atoms with Gasteiger partial charge in [0.2, 0.25) is 5.89 Å². The van der Waals surface area contributed by atoms with Crippen LogP contribution in [-0.4, -0.2) is 40.3 Å². The van der Waals surface area contributed by atoms with Crippen molar-refractivity contribution in [3.63, 3.8) is 0 Å². The third-order valence-corrected chi connectivity index (χ3v) is 4.66. The van der Waals surface area contributed by atoms with E-state index in [4.69, 9.17) is 13.9 Å². The molecule has 3 aromatic rings. The van der Waals surface area contributed by atoms with Gasteiger partial charge in [-0.25, -0.2) is 9.78 Å². The molecule has 1 fully saturated rings. The fraction of sp³-hybridized carbons (Fsp3) is 0.238. The zero-order chi connectivity index (χ0) is 19.3. The third-order valence-electron chi connectivity index (χ3n) is 4.66. The number of carboxylic acid groups (broad SMARTS) is 1. The Morgan fingerprint density at radius 2 is 1.79 bits per heavy atom. The number of oxazole rings is 1. The maximum atomic E-state index is 11.2. The second-order valence-electron chi connectivity index (χ2n) is 6.52. The number of rotatable bonds is 6. The molecule has 0 spiro atoms. The Hall–Kier alpha value is -3.48. The number of nitrogens with zero attached hydrogens (tertiary/aromatic N) is 2. The lowest BCUT2D eigenvalue weighted by molar-refractivity contribution is 0.123. The first kappa shape index (κ1) is 17.9. The average Bonchev–Trinajstić information content (AvgIpc) is 3.40. The van der Waals surface area contributed by atoms with Crippen molar-refractivity contribution >= 4 is 6.09 Å². The number of amides is 1. The minimum atomic E-state index is -0.885. The van der Waals surface area contributed by atoms with Crippen LogP contribution < -0.4 is 9.47 Å². The summed E-state index contributed by atoms with van der Waals surface area (Å²) >= 11 is 0.